The standard InChI is InChI=1S/C21H18F2N2O4S/c22-17-10-12-18(13-11-17)24(15-14-19(23)16-6-2-1-3-7-16)30(28,29)21-9-5-4-8-20(21)25(26)27/h1-13,19H,14-15H2/t19-/m1/s1. The van der Waals surface area contributed by atoms with E-state index in [0.717, 1.165) is 28.6 Å². The van der Waals surface area contributed by atoms with Gasteiger partial charge < -0.3 is 0 Å². The molecule has 0 radical (unpaired) electrons. The molecule has 0 fully saturated rings. The summed E-state index contributed by atoms with van der Waals surface area (Å²) in [6, 6.07) is 17.8. The van der Waals surface area contributed by atoms with Crippen LogP contribution in [-0.4, -0.2) is 19.9 Å². The van der Waals surface area contributed by atoms with E-state index < -0.39 is 37.5 Å². The van der Waals surface area contributed by atoms with Crippen molar-refractivity contribution < 1.29 is 22.1 Å². The molecule has 0 aromatic heterocycles. The average Bonchev–Trinajstić information content (AvgIpc) is 2.75. The minimum Gasteiger partial charge on any atom is -0.266 e. The molecule has 0 N–H and O–H groups in total. The zero-order chi connectivity index (χ0) is 21.7. The van der Waals surface area contributed by atoms with Crippen molar-refractivity contribution in [2.24, 2.45) is 0 Å². The van der Waals surface area contributed by atoms with Crippen LogP contribution in [0.3, 0.4) is 0 Å². The van der Waals surface area contributed by atoms with Crippen molar-refractivity contribution in [3.05, 3.63) is 100 Å². The van der Waals surface area contributed by atoms with Gasteiger partial charge in [-0.15, -0.1) is 0 Å². The summed E-state index contributed by atoms with van der Waals surface area (Å²) >= 11 is 0. The molecular weight excluding hydrogens is 414 g/mol. The van der Waals surface area contributed by atoms with Crippen molar-refractivity contribution in [3.8, 4) is 0 Å². The van der Waals surface area contributed by atoms with Gasteiger partial charge in [0.1, 0.15) is 12.0 Å². The lowest BCUT2D eigenvalue weighted by Gasteiger charge is -2.25. The Bertz CT molecular complexity index is 1120. The second-order valence-electron chi connectivity index (χ2n) is 6.45. The van der Waals surface area contributed by atoms with Gasteiger partial charge >= 0.3 is 0 Å². The number of nitro groups is 1. The Morgan fingerprint density at radius 3 is 2.17 bits per heavy atom. The Kier molecular flexibility index (Phi) is 6.41. The Morgan fingerprint density at radius 1 is 0.933 bits per heavy atom. The lowest BCUT2D eigenvalue weighted by Crippen LogP contribution is -2.33. The Morgan fingerprint density at radius 2 is 1.53 bits per heavy atom. The van der Waals surface area contributed by atoms with Crippen LogP contribution in [-0.2, 0) is 10.0 Å². The third-order valence-electron chi connectivity index (χ3n) is 4.49. The first-order chi connectivity index (χ1) is 14.3. The van der Waals surface area contributed by atoms with Crippen LogP contribution in [0.2, 0.25) is 0 Å². The molecule has 1 atom stereocenters. The maximum absolute atomic E-state index is 14.7. The molecule has 30 heavy (non-hydrogen) atoms. The molecule has 0 bridgehead atoms. The van der Waals surface area contributed by atoms with Crippen LogP contribution < -0.4 is 4.31 Å². The van der Waals surface area contributed by atoms with Gasteiger partial charge in [-0.2, -0.15) is 0 Å². The molecule has 9 heteroatoms. The number of rotatable bonds is 8. The monoisotopic (exact) mass is 432 g/mol. The smallest absolute Gasteiger partial charge is 0.266 e. The first-order valence-electron chi connectivity index (χ1n) is 9.01. The van der Waals surface area contributed by atoms with E-state index in [2.05, 4.69) is 0 Å². The summed E-state index contributed by atoms with van der Waals surface area (Å²) in [5.74, 6) is -0.575. The number of hydrogen-bond donors (Lipinski definition) is 0. The normalized spacial score (nSPS) is 12.3. The maximum atomic E-state index is 14.7. The summed E-state index contributed by atoms with van der Waals surface area (Å²) in [7, 11) is -4.42. The number of para-hydroxylation sites is 1. The second-order valence-corrected chi connectivity index (χ2v) is 8.28. The van der Waals surface area contributed by atoms with Crippen molar-refractivity contribution in [2.45, 2.75) is 17.5 Å². The molecule has 0 aliphatic carbocycles. The number of alkyl halides is 1. The third kappa shape index (κ3) is 4.62. The summed E-state index contributed by atoms with van der Waals surface area (Å²) in [5, 5.41) is 11.3. The number of nitrogens with zero attached hydrogens (tertiary/aromatic N) is 2. The predicted molar refractivity (Wildman–Crippen MR) is 109 cm³/mol. The van der Waals surface area contributed by atoms with Crippen molar-refractivity contribution in [2.75, 3.05) is 10.8 Å². The number of benzene rings is 3. The van der Waals surface area contributed by atoms with E-state index in [0.29, 0.717) is 5.56 Å². The van der Waals surface area contributed by atoms with E-state index in [1.807, 2.05) is 0 Å². The molecule has 0 saturated carbocycles. The molecule has 0 amide bonds. The lowest BCUT2D eigenvalue weighted by atomic mass is 10.1. The lowest BCUT2D eigenvalue weighted by molar-refractivity contribution is -0.387. The van der Waals surface area contributed by atoms with Gasteiger partial charge in [-0.1, -0.05) is 42.5 Å². The van der Waals surface area contributed by atoms with Crippen LogP contribution in [0.5, 0.6) is 0 Å². The van der Waals surface area contributed by atoms with Gasteiger partial charge in [0.05, 0.1) is 10.6 Å². The van der Waals surface area contributed by atoms with Crippen molar-refractivity contribution in [1.82, 2.24) is 0 Å². The van der Waals surface area contributed by atoms with Crippen LogP contribution in [0.1, 0.15) is 18.2 Å². The van der Waals surface area contributed by atoms with Gasteiger partial charge in [0, 0.05) is 19.0 Å². The third-order valence-corrected chi connectivity index (χ3v) is 6.37. The van der Waals surface area contributed by atoms with Gasteiger partial charge in [-0.05, 0) is 35.9 Å². The molecule has 3 rings (SSSR count). The molecule has 0 saturated heterocycles. The number of nitro benzene ring substituents is 1. The van der Waals surface area contributed by atoms with Crippen molar-refractivity contribution in [1.29, 1.82) is 0 Å². The van der Waals surface area contributed by atoms with Crippen molar-refractivity contribution >= 4 is 21.4 Å². The van der Waals surface area contributed by atoms with E-state index in [1.165, 1.54) is 24.3 Å². The van der Waals surface area contributed by atoms with E-state index in [1.54, 1.807) is 30.3 Å². The zero-order valence-corrected chi connectivity index (χ0v) is 16.5. The van der Waals surface area contributed by atoms with Crippen LogP contribution in [0.4, 0.5) is 20.2 Å². The maximum Gasteiger partial charge on any atom is 0.289 e. The van der Waals surface area contributed by atoms with Crippen LogP contribution in [0, 0.1) is 15.9 Å². The summed E-state index contributed by atoms with van der Waals surface area (Å²) < 4.78 is 55.5. The Hall–Kier alpha value is -3.33. The average molecular weight is 432 g/mol. The quantitative estimate of drug-likeness (QED) is 0.369. The highest BCUT2D eigenvalue weighted by Gasteiger charge is 2.32. The Balaban J connectivity index is 1.99. The zero-order valence-electron chi connectivity index (χ0n) is 15.7. The van der Waals surface area contributed by atoms with Crippen molar-refractivity contribution in [3.63, 3.8) is 0 Å². The van der Waals surface area contributed by atoms with Crippen LogP contribution >= 0.6 is 0 Å². The first-order valence-corrected chi connectivity index (χ1v) is 10.5. The number of sulfonamides is 1. The molecule has 0 heterocycles. The molecule has 0 aliphatic rings. The van der Waals surface area contributed by atoms with E-state index in [4.69, 9.17) is 0 Å². The minimum absolute atomic E-state index is 0.0785. The first kappa shape index (κ1) is 21.4. The van der Waals surface area contributed by atoms with E-state index in [-0.39, 0.29) is 18.7 Å². The van der Waals surface area contributed by atoms with Gasteiger partial charge in [0.2, 0.25) is 0 Å². The van der Waals surface area contributed by atoms with Gasteiger partial charge in [-0.25, -0.2) is 17.2 Å². The number of halogens is 2. The van der Waals surface area contributed by atoms with Gasteiger partial charge in [0.25, 0.3) is 15.7 Å². The van der Waals surface area contributed by atoms with Crippen LogP contribution in [0.15, 0.2) is 83.8 Å². The molecule has 0 spiro atoms. The SMILES string of the molecule is O=[N+]([O-])c1ccccc1S(=O)(=O)N(CC[C@@H](F)c1ccccc1)c1ccc(F)cc1. The predicted octanol–water partition coefficient (Wildman–Crippen LogP) is 5.03. The largest absolute Gasteiger partial charge is 0.289 e. The second kappa shape index (κ2) is 9.00. The van der Waals surface area contributed by atoms with Crippen LogP contribution in [0.25, 0.3) is 0 Å². The molecule has 156 valence electrons. The van der Waals surface area contributed by atoms with Gasteiger partial charge in [-0.3, -0.25) is 14.4 Å². The van der Waals surface area contributed by atoms with E-state index in [9.17, 15) is 27.3 Å². The Labute approximate surface area is 172 Å². The summed E-state index contributed by atoms with van der Waals surface area (Å²) in [6.45, 7) is -0.296. The number of anilines is 1. The van der Waals surface area contributed by atoms with Gasteiger partial charge in [0.15, 0.2) is 4.90 Å². The topological polar surface area (TPSA) is 80.5 Å². The fraction of sp³-hybridized carbons (Fsp3) is 0.143. The summed E-state index contributed by atoms with van der Waals surface area (Å²) in [5.41, 5.74) is -0.126. The highest BCUT2D eigenvalue weighted by Crippen LogP contribution is 2.31. The minimum atomic E-state index is -4.42. The molecule has 3 aromatic carbocycles. The fourth-order valence-corrected chi connectivity index (χ4v) is 4.64. The highest BCUT2D eigenvalue weighted by molar-refractivity contribution is 7.93. The fourth-order valence-electron chi connectivity index (χ4n) is 3.00. The highest BCUT2D eigenvalue weighted by atomic mass is 32.2. The van der Waals surface area contributed by atoms with E-state index >= 15 is 0 Å². The molecule has 0 unspecified atom stereocenters. The molecule has 0 aliphatic heterocycles. The summed E-state index contributed by atoms with van der Waals surface area (Å²) in [6.07, 6.45) is -1.64. The molecule has 6 nitrogen and oxygen atoms in total. The molecular formula is C21H18F2N2O4S. The number of hydrogen-bond acceptors (Lipinski definition) is 4. The molecule has 3 aromatic rings. The summed E-state index contributed by atoms with van der Waals surface area (Å²) in [4.78, 5) is 10.0.